The van der Waals surface area contributed by atoms with Crippen LogP contribution in [0.15, 0.2) is 35.3 Å². The van der Waals surface area contributed by atoms with Gasteiger partial charge in [0.1, 0.15) is 5.52 Å². The van der Waals surface area contributed by atoms with Crippen LogP contribution in [-0.4, -0.2) is 41.3 Å². The van der Waals surface area contributed by atoms with Gasteiger partial charge in [0.05, 0.1) is 31.3 Å². The maximum atomic E-state index is 6.09. The second-order valence-electron chi connectivity index (χ2n) is 5.02. The summed E-state index contributed by atoms with van der Waals surface area (Å²) in [4.78, 5) is 15.3. The molecule has 0 bridgehead atoms. The number of rotatable bonds is 2. The molecule has 0 unspecified atom stereocenters. The molecule has 1 aliphatic heterocycles. The third-order valence-corrected chi connectivity index (χ3v) is 3.82. The summed E-state index contributed by atoms with van der Waals surface area (Å²) in [5.74, 6) is 0.761. The fourth-order valence-corrected chi connectivity index (χ4v) is 2.73. The molecule has 1 saturated heterocycles. The van der Waals surface area contributed by atoms with Crippen molar-refractivity contribution >= 4 is 28.5 Å². The lowest BCUT2D eigenvalue weighted by atomic mass is 10.1. The number of pyridine rings is 1. The fraction of sp³-hybridized carbons (Fsp3) is 0.267. The number of aromatic nitrogens is 3. The van der Waals surface area contributed by atoms with Gasteiger partial charge < -0.3 is 14.1 Å². The first kappa shape index (κ1) is 13.5. The number of hydrogen-bond donors (Lipinski definition) is 0. The SMILES string of the molecule is Clc1nc(N2CCOCC2)c2ncc(-c3ccoc3)cc2n1. The van der Waals surface area contributed by atoms with Crippen LogP contribution in [0.1, 0.15) is 0 Å². The van der Waals surface area contributed by atoms with Crippen molar-refractivity contribution in [3.63, 3.8) is 0 Å². The van der Waals surface area contributed by atoms with Crippen molar-refractivity contribution in [2.24, 2.45) is 0 Å². The second kappa shape index (κ2) is 5.55. The van der Waals surface area contributed by atoms with Gasteiger partial charge in [0, 0.05) is 30.4 Å². The van der Waals surface area contributed by atoms with Crippen molar-refractivity contribution in [1.29, 1.82) is 0 Å². The first-order valence-corrected chi connectivity index (χ1v) is 7.37. The molecule has 4 rings (SSSR count). The molecule has 1 aliphatic rings. The highest BCUT2D eigenvalue weighted by atomic mass is 35.5. The number of furan rings is 1. The molecular weight excluding hydrogens is 304 g/mol. The van der Waals surface area contributed by atoms with E-state index in [2.05, 4.69) is 19.9 Å². The Morgan fingerprint density at radius 3 is 2.77 bits per heavy atom. The van der Waals surface area contributed by atoms with Gasteiger partial charge in [-0.1, -0.05) is 0 Å². The third kappa shape index (κ3) is 2.40. The van der Waals surface area contributed by atoms with E-state index in [-0.39, 0.29) is 5.28 Å². The highest BCUT2D eigenvalue weighted by molar-refractivity contribution is 6.28. The molecule has 7 heteroatoms. The van der Waals surface area contributed by atoms with E-state index >= 15 is 0 Å². The number of hydrogen-bond acceptors (Lipinski definition) is 6. The van der Waals surface area contributed by atoms with E-state index < -0.39 is 0 Å². The Hall–Kier alpha value is -2.18. The summed E-state index contributed by atoms with van der Waals surface area (Å²) in [7, 11) is 0. The summed E-state index contributed by atoms with van der Waals surface area (Å²) < 4.78 is 10.5. The number of ether oxygens (including phenoxy) is 1. The maximum Gasteiger partial charge on any atom is 0.225 e. The molecule has 0 aromatic carbocycles. The van der Waals surface area contributed by atoms with Crippen LogP contribution in [0.5, 0.6) is 0 Å². The van der Waals surface area contributed by atoms with Gasteiger partial charge in [-0.05, 0) is 23.7 Å². The van der Waals surface area contributed by atoms with Crippen LogP contribution in [0.4, 0.5) is 5.82 Å². The standard InChI is InChI=1S/C15H13ClN4O2/c16-15-18-12-7-11(10-1-4-22-9-10)8-17-13(12)14(19-15)20-2-5-21-6-3-20/h1,4,7-9H,2-3,5-6H2. The van der Waals surface area contributed by atoms with Gasteiger partial charge in [0.25, 0.3) is 0 Å². The molecule has 0 radical (unpaired) electrons. The molecule has 0 atom stereocenters. The van der Waals surface area contributed by atoms with E-state index in [4.69, 9.17) is 20.8 Å². The van der Waals surface area contributed by atoms with E-state index in [1.165, 1.54) is 0 Å². The summed E-state index contributed by atoms with van der Waals surface area (Å²) in [5, 5.41) is 0.222. The Morgan fingerprint density at radius 1 is 1.14 bits per heavy atom. The second-order valence-corrected chi connectivity index (χ2v) is 5.36. The molecule has 0 aliphatic carbocycles. The van der Waals surface area contributed by atoms with Crippen LogP contribution < -0.4 is 4.90 Å². The molecule has 0 amide bonds. The summed E-state index contributed by atoms with van der Waals surface area (Å²) in [6.07, 6.45) is 5.11. The topological polar surface area (TPSA) is 64.3 Å². The van der Waals surface area contributed by atoms with Crippen molar-refractivity contribution in [3.8, 4) is 11.1 Å². The van der Waals surface area contributed by atoms with Gasteiger partial charge in [-0.2, -0.15) is 4.98 Å². The average Bonchev–Trinajstić information content (AvgIpc) is 3.09. The first-order valence-electron chi connectivity index (χ1n) is 7.00. The van der Waals surface area contributed by atoms with E-state index in [0.717, 1.165) is 41.1 Å². The van der Waals surface area contributed by atoms with Gasteiger partial charge >= 0.3 is 0 Å². The molecule has 0 N–H and O–H groups in total. The van der Waals surface area contributed by atoms with Crippen LogP contribution in [0.25, 0.3) is 22.2 Å². The molecule has 112 valence electrons. The smallest absolute Gasteiger partial charge is 0.225 e. The number of fused-ring (bicyclic) bond motifs is 1. The largest absolute Gasteiger partial charge is 0.472 e. The molecule has 0 spiro atoms. The summed E-state index contributed by atoms with van der Waals surface area (Å²) in [5.41, 5.74) is 3.36. The minimum absolute atomic E-state index is 0.222. The van der Waals surface area contributed by atoms with Crippen molar-refractivity contribution in [1.82, 2.24) is 15.0 Å². The van der Waals surface area contributed by atoms with Crippen LogP contribution in [0, 0.1) is 0 Å². The minimum atomic E-state index is 0.222. The lowest BCUT2D eigenvalue weighted by Crippen LogP contribution is -2.37. The average molecular weight is 317 g/mol. The van der Waals surface area contributed by atoms with Gasteiger partial charge in [-0.15, -0.1) is 0 Å². The minimum Gasteiger partial charge on any atom is -0.472 e. The van der Waals surface area contributed by atoms with Crippen LogP contribution in [0.3, 0.4) is 0 Å². The Morgan fingerprint density at radius 2 is 2.00 bits per heavy atom. The monoisotopic (exact) mass is 316 g/mol. The molecule has 22 heavy (non-hydrogen) atoms. The highest BCUT2D eigenvalue weighted by Gasteiger charge is 2.18. The van der Waals surface area contributed by atoms with Gasteiger partial charge in [0.2, 0.25) is 5.28 Å². The fourth-order valence-electron chi connectivity index (χ4n) is 2.56. The van der Waals surface area contributed by atoms with Crippen molar-refractivity contribution < 1.29 is 9.15 Å². The summed E-state index contributed by atoms with van der Waals surface area (Å²) in [6, 6.07) is 3.83. The lowest BCUT2D eigenvalue weighted by molar-refractivity contribution is 0.122. The molecule has 0 saturated carbocycles. The number of nitrogens with zero attached hydrogens (tertiary/aromatic N) is 4. The first-order chi connectivity index (χ1) is 10.8. The molecule has 4 heterocycles. The van der Waals surface area contributed by atoms with Crippen LogP contribution in [-0.2, 0) is 4.74 Å². The van der Waals surface area contributed by atoms with Crippen molar-refractivity contribution in [2.45, 2.75) is 0 Å². The molecular formula is C15H13ClN4O2. The van der Waals surface area contributed by atoms with Crippen LogP contribution >= 0.6 is 11.6 Å². The summed E-state index contributed by atoms with van der Waals surface area (Å²) >= 11 is 6.09. The Balaban J connectivity index is 1.84. The quantitative estimate of drug-likeness (QED) is 0.677. The zero-order valence-electron chi connectivity index (χ0n) is 11.7. The molecule has 6 nitrogen and oxygen atoms in total. The predicted octanol–water partition coefficient (Wildman–Crippen LogP) is 2.77. The van der Waals surface area contributed by atoms with Crippen molar-refractivity contribution in [3.05, 3.63) is 36.1 Å². The zero-order chi connectivity index (χ0) is 14.9. The highest BCUT2D eigenvalue weighted by Crippen LogP contribution is 2.28. The Kier molecular flexibility index (Phi) is 3.40. The van der Waals surface area contributed by atoms with E-state index in [0.29, 0.717) is 13.2 Å². The number of anilines is 1. The number of morpholine rings is 1. The predicted molar refractivity (Wildman–Crippen MR) is 83.1 cm³/mol. The molecule has 3 aromatic heterocycles. The van der Waals surface area contributed by atoms with Gasteiger partial charge in [-0.3, -0.25) is 4.98 Å². The molecule has 3 aromatic rings. The van der Waals surface area contributed by atoms with E-state index in [1.807, 2.05) is 12.1 Å². The zero-order valence-corrected chi connectivity index (χ0v) is 12.5. The molecule has 1 fully saturated rings. The Labute approximate surface area is 131 Å². The normalized spacial score (nSPS) is 15.4. The van der Waals surface area contributed by atoms with Gasteiger partial charge in [-0.25, -0.2) is 4.98 Å². The third-order valence-electron chi connectivity index (χ3n) is 3.66. The van der Waals surface area contributed by atoms with Gasteiger partial charge in [0.15, 0.2) is 5.82 Å². The van der Waals surface area contributed by atoms with E-state index in [1.54, 1.807) is 18.7 Å². The van der Waals surface area contributed by atoms with Crippen molar-refractivity contribution in [2.75, 3.05) is 31.2 Å². The lowest BCUT2D eigenvalue weighted by Gasteiger charge is -2.28. The number of halogens is 1. The maximum absolute atomic E-state index is 6.09. The van der Waals surface area contributed by atoms with Crippen LogP contribution in [0.2, 0.25) is 5.28 Å². The van der Waals surface area contributed by atoms with E-state index in [9.17, 15) is 0 Å². The summed E-state index contributed by atoms with van der Waals surface area (Å²) in [6.45, 7) is 2.90. The Bertz CT molecular complexity index is 801.